The molecule has 1 aromatic heterocycles. The molecule has 0 aliphatic rings. The van der Waals surface area contributed by atoms with Crippen molar-refractivity contribution in [1.82, 2.24) is 14.3 Å². The van der Waals surface area contributed by atoms with Gasteiger partial charge in [0, 0.05) is 20.3 Å². The topological polar surface area (TPSA) is 163 Å². The second kappa shape index (κ2) is 9.94. The van der Waals surface area contributed by atoms with Crippen molar-refractivity contribution >= 4 is 33.4 Å². The first-order valence-corrected chi connectivity index (χ1v) is 11.0. The summed E-state index contributed by atoms with van der Waals surface area (Å²) in [6, 6.07) is 14.9. The zero-order valence-electron chi connectivity index (χ0n) is 17.8. The van der Waals surface area contributed by atoms with E-state index in [2.05, 4.69) is 20.0 Å². The van der Waals surface area contributed by atoms with Gasteiger partial charge in [-0.05, 0) is 35.9 Å². The van der Waals surface area contributed by atoms with Crippen LogP contribution in [-0.4, -0.2) is 42.7 Å². The number of nitrogens with zero attached hydrogens (tertiary/aromatic N) is 4. The summed E-state index contributed by atoms with van der Waals surface area (Å²) in [5.41, 5.74) is 6.94. The second-order valence-electron chi connectivity index (χ2n) is 6.92. The van der Waals surface area contributed by atoms with Crippen LogP contribution in [0.1, 0.15) is 21.6 Å². The van der Waals surface area contributed by atoms with Gasteiger partial charge < -0.3 is 15.8 Å². The summed E-state index contributed by atoms with van der Waals surface area (Å²) in [7, 11) is -1.04. The van der Waals surface area contributed by atoms with E-state index in [4.69, 9.17) is 10.5 Å². The molecule has 0 unspecified atom stereocenters. The van der Waals surface area contributed by atoms with Gasteiger partial charge in [0.1, 0.15) is 24.1 Å². The Morgan fingerprint density at radius 1 is 1.18 bits per heavy atom. The van der Waals surface area contributed by atoms with Crippen molar-refractivity contribution in [3.8, 4) is 11.8 Å². The van der Waals surface area contributed by atoms with Crippen LogP contribution in [-0.2, 0) is 16.8 Å². The van der Waals surface area contributed by atoms with Crippen LogP contribution in [0.4, 0.5) is 17.3 Å². The van der Waals surface area contributed by atoms with E-state index in [-0.39, 0.29) is 29.5 Å². The Labute approximate surface area is 191 Å². The number of nitrogen functional groups attached to an aromatic ring is 1. The molecule has 11 nitrogen and oxygen atoms in total. The minimum atomic E-state index is -3.79. The molecule has 0 aliphatic carbocycles. The maximum absolute atomic E-state index is 12.5. The Kier molecular flexibility index (Phi) is 7.07. The molecule has 3 aromatic rings. The normalized spacial score (nSPS) is 11.0. The highest BCUT2D eigenvalue weighted by Crippen LogP contribution is 2.26. The van der Waals surface area contributed by atoms with Crippen LogP contribution in [0.5, 0.6) is 5.75 Å². The minimum Gasteiger partial charge on any atom is -0.487 e. The molecule has 0 atom stereocenters. The fourth-order valence-corrected chi connectivity index (χ4v) is 3.27. The Bertz CT molecular complexity index is 1320. The van der Waals surface area contributed by atoms with Crippen molar-refractivity contribution in [3.63, 3.8) is 0 Å². The fraction of sp³-hybridized carbons (Fsp3) is 0.143. The molecule has 0 fully saturated rings. The first-order valence-electron chi connectivity index (χ1n) is 9.54. The van der Waals surface area contributed by atoms with Gasteiger partial charge in [-0.15, -0.1) is 0 Å². The van der Waals surface area contributed by atoms with E-state index in [1.165, 1.54) is 38.5 Å². The van der Waals surface area contributed by atoms with Crippen LogP contribution < -0.4 is 20.5 Å². The average Bonchev–Trinajstić information content (AvgIpc) is 2.78. The second-order valence-corrected chi connectivity index (χ2v) is 8.80. The third-order valence-corrected chi connectivity index (χ3v) is 5.80. The van der Waals surface area contributed by atoms with Crippen molar-refractivity contribution in [3.05, 3.63) is 71.5 Å². The third kappa shape index (κ3) is 5.94. The van der Waals surface area contributed by atoms with Crippen molar-refractivity contribution in [2.75, 3.05) is 29.9 Å². The van der Waals surface area contributed by atoms with Gasteiger partial charge >= 0.3 is 10.2 Å². The number of aromatic nitrogens is 2. The predicted molar refractivity (Wildman–Crippen MR) is 123 cm³/mol. The first-order chi connectivity index (χ1) is 15.7. The van der Waals surface area contributed by atoms with Crippen LogP contribution in [0.15, 0.2) is 54.7 Å². The van der Waals surface area contributed by atoms with Gasteiger partial charge in [0.25, 0.3) is 5.91 Å². The highest BCUT2D eigenvalue weighted by molar-refractivity contribution is 7.90. The summed E-state index contributed by atoms with van der Waals surface area (Å²) in [6.07, 6.45) is 1.38. The molecule has 33 heavy (non-hydrogen) atoms. The van der Waals surface area contributed by atoms with Gasteiger partial charge in [-0.3, -0.25) is 9.52 Å². The molecule has 4 N–H and O–H groups in total. The van der Waals surface area contributed by atoms with E-state index >= 15 is 0 Å². The van der Waals surface area contributed by atoms with E-state index in [1.54, 1.807) is 30.3 Å². The zero-order valence-corrected chi connectivity index (χ0v) is 18.6. The van der Waals surface area contributed by atoms with Crippen molar-refractivity contribution in [1.29, 1.82) is 5.26 Å². The first kappa shape index (κ1) is 23.5. The molecule has 0 spiro atoms. The summed E-state index contributed by atoms with van der Waals surface area (Å²) < 4.78 is 33.5. The smallest absolute Gasteiger partial charge is 0.301 e. The van der Waals surface area contributed by atoms with Crippen LogP contribution >= 0.6 is 0 Å². The van der Waals surface area contributed by atoms with Crippen LogP contribution in [0, 0.1) is 11.3 Å². The molecule has 0 bridgehead atoms. The lowest BCUT2D eigenvalue weighted by Crippen LogP contribution is -2.29. The average molecular weight is 468 g/mol. The number of nitriles is 1. The SMILES string of the molecule is CN(C)S(=O)(=O)Nc1cc(COc2ccccc2NC(=O)c2ccnc(N)n2)ccc1C#N. The van der Waals surface area contributed by atoms with Gasteiger partial charge in [-0.25, -0.2) is 9.97 Å². The Morgan fingerprint density at radius 2 is 1.94 bits per heavy atom. The number of ether oxygens (including phenoxy) is 1. The monoisotopic (exact) mass is 467 g/mol. The summed E-state index contributed by atoms with van der Waals surface area (Å²) in [4.78, 5) is 20.1. The lowest BCUT2D eigenvalue weighted by Gasteiger charge is -2.16. The number of para-hydroxylation sites is 2. The Morgan fingerprint density at radius 3 is 2.64 bits per heavy atom. The summed E-state index contributed by atoms with van der Waals surface area (Å²) in [5, 5.41) is 12.0. The number of anilines is 3. The highest BCUT2D eigenvalue weighted by atomic mass is 32.2. The lowest BCUT2D eigenvalue weighted by atomic mass is 10.1. The lowest BCUT2D eigenvalue weighted by molar-refractivity contribution is 0.102. The largest absolute Gasteiger partial charge is 0.487 e. The molecule has 12 heteroatoms. The zero-order chi connectivity index (χ0) is 24.0. The molecule has 2 aromatic carbocycles. The molecule has 170 valence electrons. The standard InChI is InChI=1S/C21H21N7O4S/c1-28(2)33(30,31)27-18-11-14(7-8-15(18)12-22)13-32-19-6-4-3-5-16(19)25-20(29)17-9-10-24-21(23)26-17/h3-11,27H,13H2,1-2H3,(H,25,29)(H2,23,24,26). The number of carbonyl (C=O) groups is 1. The van der Waals surface area contributed by atoms with Crippen LogP contribution in [0.25, 0.3) is 0 Å². The number of nitrogens with one attached hydrogen (secondary N) is 2. The number of hydrogen-bond donors (Lipinski definition) is 3. The van der Waals surface area contributed by atoms with Crippen molar-refractivity contribution in [2.24, 2.45) is 0 Å². The van der Waals surface area contributed by atoms with Gasteiger partial charge in [-0.2, -0.15) is 18.0 Å². The molecule has 1 heterocycles. The van der Waals surface area contributed by atoms with E-state index in [0.29, 0.717) is 17.0 Å². The van der Waals surface area contributed by atoms with E-state index in [9.17, 15) is 18.5 Å². The number of carbonyl (C=O) groups excluding carboxylic acids is 1. The number of hydrogen-bond acceptors (Lipinski definition) is 8. The summed E-state index contributed by atoms with van der Waals surface area (Å²) in [6.45, 7) is 0.0513. The summed E-state index contributed by atoms with van der Waals surface area (Å²) >= 11 is 0. The van der Waals surface area contributed by atoms with E-state index in [1.807, 2.05) is 6.07 Å². The van der Waals surface area contributed by atoms with Crippen LogP contribution in [0.2, 0.25) is 0 Å². The minimum absolute atomic E-state index is 0.0197. The molecule has 1 amide bonds. The number of benzene rings is 2. The van der Waals surface area contributed by atoms with Crippen molar-refractivity contribution < 1.29 is 17.9 Å². The van der Waals surface area contributed by atoms with Gasteiger partial charge in [0.2, 0.25) is 5.95 Å². The third-order valence-electron chi connectivity index (χ3n) is 4.36. The fourth-order valence-electron chi connectivity index (χ4n) is 2.64. The highest BCUT2D eigenvalue weighted by Gasteiger charge is 2.16. The maximum atomic E-state index is 12.5. The van der Waals surface area contributed by atoms with Gasteiger partial charge in [0.15, 0.2) is 0 Å². The molecule has 3 rings (SSSR count). The number of nitrogens with two attached hydrogens (primary N) is 1. The molecule has 0 aliphatic heterocycles. The maximum Gasteiger partial charge on any atom is 0.301 e. The quantitative estimate of drug-likeness (QED) is 0.453. The molecule has 0 saturated carbocycles. The number of rotatable bonds is 8. The molecular formula is C21H21N7O4S. The van der Waals surface area contributed by atoms with Gasteiger partial charge in [-0.1, -0.05) is 18.2 Å². The van der Waals surface area contributed by atoms with E-state index < -0.39 is 16.1 Å². The predicted octanol–water partition coefficient (Wildman–Crippen LogP) is 1.98. The summed E-state index contributed by atoms with van der Waals surface area (Å²) in [5.74, 6) is -0.125. The Balaban J connectivity index is 1.77. The van der Waals surface area contributed by atoms with Gasteiger partial charge in [0.05, 0.1) is 16.9 Å². The molecule has 0 saturated heterocycles. The molecular weight excluding hydrogens is 446 g/mol. The Hall–Kier alpha value is -4.21. The van der Waals surface area contributed by atoms with Crippen LogP contribution in [0.3, 0.4) is 0 Å². The van der Waals surface area contributed by atoms with Crippen molar-refractivity contribution in [2.45, 2.75) is 6.61 Å². The number of amides is 1. The molecule has 0 radical (unpaired) electrons. The van der Waals surface area contributed by atoms with E-state index in [0.717, 1.165) is 4.31 Å².